The number of hydrogen-bond donors (Lipinski definition) is 0. The van der Waals surface area contributed by atoms with Gasteiger partial charge in [0.15, 0.2) is 5.79 Å². The van der Waals surface area contributed by atoms with Crippen molar-refractivity contribution in [3.05, 3.63) is 0 Å². The third-order valence-electron chi connectivity index (χ3n) is 3.32. The van der Waals surface area contributed by atoms with E-state index in [-0.39, 0.29) is 17.7 Å². The Hall–Kier alpha value is -0.410. The summed E-state index contributed by atoms with van der Waals surface area (Å²) in [6, 6.07) is 0. The number of Topliss-reactive ketones (excluding diaryl/α,β-unsaturated/α-hetero) is 1. The molecule has 1 saturated carbocycles. The SMILES string of the molecule is CC(=O)C[C@H]1CCOC2(CCCCC2)O1. The second kappa shape index (κ2) is 4.62. The predicted octanol–water partition coefficient (Wildman–Crippen LogP) is 2.43. The van der Waals surface area contributed by atoms with E-state index < -0.39 is 0 Å². The fourth-order valence-electron chi connectivity index (χ4n) is 2.59. The van der Waals surface area contributed by atoms with Crippen LogP contribution >= 0.6 is 0 Å². The average Bonchev–Trinajstić information content (AvgIpc) is 2.17. The van der Waals surface area contributed by atoms with E-state index in [1.807, 2.05) is 0 Å². The molecule has 86 valence electrons. The molecule has 0 unspecified atom stereocenters. The molecule has 2 aliphatic rings. The minimum Gasteiger partial charge on any atom is -0.350 e. The van der Waals surface area contributed by atoms with Crippen LogP contribution in [0.3, 0.4) is 0 Å². The summed E-state index contributed by atoms with van der Waals surface area (Å²) in [6.07, 6.45) is 7.16. The van der Waals surface area contributed by atoms with Crippen molar-refractivity contribution < 1.29 is 14.3 Å². The number of ether oxygens (including phenoxy) is 2. The van der Waals surface area contributed by atoms with E-state index in [4.69, 9.17) is 9.47 Å². The van der Waals surface area contributed by atoms with Crippen molar-refractivity contribution in [3.63, 3.8) is 0 Å². The lowest BCUT2D eigenvalue weighted by Crippen LogP contribution is -2.46. The zero-order valence-corrected chi connectivity index (χ0v) is 9.46. The minimum atomic E-state index is -0.337. The van der Waals surface area contributed by atoms with Crippen LogP contribution in [-0.2, 0) is 14.3 Å². The summed E-state index contributed by atoms with van der Waals surface area (Å²) in [5.74, 6) is -0.121. The van der Waals surface area contributed by atoms with Crippen molar-refractivity contribution in [3.8, 4) is 0 Å². The fraction of sp³-hybridized carbons (Fsp3) is 0.917. The molecular weight excluding hydrogens is 192 g/mol. The molecule has 1 atom stereocenters. The third-order valence-corrected chi connectivity index (χ3v) is 3.32. The Balaban J connectivity index is 1.93. The van der Waals surface area contributed by atoms with E-state index >= 15 is 0 Å². The molecule has 0 radical (unpaired) electrons. The molecule has 0 aromatic carbocycles. The van der Waals surface area contributed by atoms with Crippen molar-refractivity contribution in [1.82, 2.24) is 0 Å². The number of carbonyl (C=O) groups excluding carboxylic acids is 1. The monoisotopic (exact) mass is 212 g/mol. The molecule has 3 heteroatoms. The number of hydrogen-bond acceptors (Lipinski definition) is 3. The topological polar surface area (TPSA) is 35.5 Å². The second-order valence-electron chi connectivity index (χ2n) is 4.75. The van der Waals surface area contributed by atoms with Gasteiger partial charge < -0.3 is 9.47 Å². The molecule has 1 heterocycles. The van der Waals surface area contributed by atoms with Crippen molar-refractivity contribution in [2.45, 2.75) is 63.8 Å². The van der Waals surface area contributed by atoms with Crippen LogP contribution in [0.1, 0.15) is 51.9 Å². The Morgan fingerprint density at radius 3 is 2.73 bits per heavy atom. The lowest BCUT2D eigenvalue weighted by Gasteiger charge is -2.43. The lowest BCUT2D eigenvalue weighted by atomic mass is 9.92. The Kier molecular flexibility index (Phi) is 3.42. The van der Waals surface area contributed by atoms with Gasteiger partial charge in [-0.15, -0.1) is 0 Å². The Labute approximate surface area is 91.1 Å². The molecule has 2 fully saturated rings. The highest BCUT2D eigenvalue weighted by Gasteiger charge is 2.39. The Bertz CT molecular complexity index is 226. The first-order chi connectivity index (χ1) is 7.20. The molecular formula is C12H20O3. The zero-order valence-electron chi connectivity index (χ0n) is 9.46. The van der Waals surface area contributed by atoms with Crippen LogP contribution in [0.15, 0.2) is 0 Å². The van der Waals surface area contributed by atoms with Crippen LogP contribution in [0.4, 0.5) is 0 Å². The lowest BCUT2D eigenvalue weighted by molar-refractivity contribution is -0.304. The maximum Gasteiger partial charge on any atom is 0.168 e. The first-order valence-electron chi connectivity index (χ1n) is 6.01. The third kappa shape index (κ3) is 2.79. The van der Waals surface area contributed by atoms with E-state index in [0.29, 0.717) is 6.42 Å². The van der Waals surface area contributed by atoms with E-state index in [0.717, 1.165) is 25.9 Å². The van der Waals surface area contributed by atoms with E-state index in [1.54, 1.807) is 6.92 Å². The van der Waals surface area contributed by atoms with E-state index in [1.165, 1.54) is 19.3 Å². The Morgan fingerprint density at radius 1 is 1.33 bits per heavy atom. The van der Waals surface area contributed by atoms with Gasteiger partial charge >= 0.3 is 0 Å². The first-order valence-corrected chi connectivity index (χ1v) is 6.01. The predicted molar refractivity (Wildman–Crippen MR) is 56.6 cm³/mol. The van der Waals surface area contributed by atoms with Crippen LogP contribution in [0.2, 0.25) is 0 Å². The van der Waals surface area contributed by atoms with Gasteiger partial charge in [-0.1, -0.05) is 6.42 Å². The van der Waals surface area contributed by atoms with Crippen molar-refractivity contribution in [1.29, 1.82) is 0 Å². The molecule has 3 nitrogen and oxygen atoms in total. The summed E-state index contributed by atoms with van der Waals surface area (Å²) < 4.78 is 11.8. The molecule has 1 aliphatic carbocycles. The molecule has 1 saturated heterocycles. The van der Waals surface area contributed by atoms with Crippen LogP contribution in [0.25, 0.3) is 0 Å². The molecule has 0 amide bonds. The fourth-order valence-corrected chi connectivity index (χ4v) is 2.59. The van der Waals surface area contributed by atoms with Crippen molar-refractivity contribution >= 4 is 5.78 Å². The molecule has 1 aliphatic heterocycles. The first kappa shape index (κ1) is 11.1. The summed E-state index contributed by atoms with van der Waals surface area (Å²) in [4.78, 5) is 11.1. The van der Waals surface area contributed by atoms with Gasteiger partial charge in [-0.3, -0.25) is 4.79 Å². The normalized spacial score (nSPS) is 30.3. The standard InChI is InChI=1S/C12H20O3/c1-10(13)9-11-5-8-14-12(15-11)6-3-2-4-7-12/h11H,2-9H2,1H3/t11-/m1/s1. The van der Waals surface area contributed by atoms with E-state index in [9.17, 15) is 4.79 Å². The van der Waals surface area contributed by atoms with Crippen LogP contribution in [0.5, 0.6) is 0 Å². The highest BCUT2D eigenvalue weighted by Crippen LogP contribution is 2.37. The molecule has 1 spiro atoms. The minimum absolute atomic E-state index is 0.0920. The van der Waals surface area contributed by atoms with Gasteiger partial charge in [-0.05, 0) is 26.2 Å². The summed E-state index contributed by atoms with van der Waals surface area (Å²) in [5.41, 5.74) is 0. The highest BCUT2D eigenvalue weighted by molar-refractivity contribution is 5.75. The van der Waals surface area contributed by atoms with Crippen LogP contribution < -0.4 is 0 Å². The van der Waals surface area contributed by atoms with Gasteiger partial charge in [0.1, 0.15) is 5.78 Å². The zero-order chi connectivity index (χ0) is 10.7. The summed E-state index contributed by atoms with van der Waals surface area (Å²) in [6.45, 7) is 2.38. The molecule has 15 heavy (non-hydrogen) atoms. The van der Waals surface area contributed by atoms with Gasteiger partial charge in [0.25, 0.3) is 0 Å². The van der Waals surface area contributed by atoms with Crippen molar-refractivity contribution in [2.75, 3.05) is 6.61 Å². The number of ketones is 1. The van der Waals surface area contributed by atoms with Gasteiger partial charge in [-0.2, -0.15) is 0 Å². The van der Waals surface area contributed by atoms with Crippen LogP contribution in [0, 0.1) is 0 Å². The highest BCUT2D eigenvalue weighted by atomic mass is 16.7. The molecule has 0 aromatic rings. The smallest absolute Gasteiger partial charge is 0.168 e. The largest absolute Gasteiger partial charge is 0.350 e. The number of carbonyl (C=O) groups is 1. The van der Waals surface area contributed by atoms with Gasteiger partial charge in [0.2, 0.25) is 0 Å². The average molecular weight is 212 g/mol. The Morgan fingerprint density at radius 2 is 2.07 bits per heavy atom. The van der Waals surface area contributed by atoms with E-state index in [2.05, 4.69) is 0 Å². The second-order valence-corrected chi connectivity index (χ2v) is 4.75. The van der Waals surface area contributed by atoms with Gasteiger partial charge in [0.05, 0.1) is 12.7 Å². The molecule has 0 aromatic heterocycles. The maximum atomic E-state index is 11.1. The summed E-state index contributed by atoms with van der Waals surface area (Å²) >= 11 is 0. The summed E-state index contributed by atoms with van der Waals surface area (Å²) in [7, 11) is 0. The summed E-state index contributed by atoms with van der Waals surface area (Å²) in [5, 5.41) is 0. The molecule has 0 bridgehead atoms. The van der Waals surface area contributed by atoms with Gasteiger partial charge in [0, 0.05) is 19.3 Å². The quantitative estimate of drug-likeness (QED) is 0.705. The molecule has 0 N–H and O–H groups in total. The number of rotatable bonds is 2. The van der Waals surface area contributed by atoms with Crippen molar-refractivity contribution in [2.24, 2.45) is 0 Å². The maximum absolute atomic E-state index is 11.1. The molecule has 2 rings (SSSR count). The van der Waals surface area contributed by atoms with Crippen LogP contribution in [-0.4, -0.2) is 24.3 Å². The van der Waals surface area contributed by atoms with Gasteiger partial charge in [-0.25, -0.2) is 0 Å².